The molecule has 1 heterocycles. The molecule has 2 nitrogen and oxygen atoms in total. The molecule has 0 aromatic heterocycles. The molecule has 0 radical (unpaired) electrons. The average molecular weight is 337 g/mol. The molecule has 1 saturated heterocycles. The van der Waals surface area contributed by atoms with Crippen LogP contribution in [-0.4, -0.2) is 24.7 Å². The molecule has 1 aromatic rings. The molecule has 3 rings (SSSR count). The third kappa shape index (κ3) is 2.62. The molecular formula is C17H25BrN2. The van der Waals surface area contributed by atoms with Gasteiger partial charge in [0.1, 0.15) is 0 Å². The van der Waals surface area contributed by atoms with Crippen LogP contribution in [0.4, 0.5) is 5.69 Å². The predicted molar refractivity (Wildman–Crippen MR) is 89.5 cm³/mol. The molecule has 1 atom stereocenters. The highest BCUT2D eigenvalue weighted by atomic mass is 79.9. The molecule has 1 aliphatic carbocycles. The van der Waals surface area contributed by atoms with Crippen LogP contribution in [-0.2, 0) is 0 Å². The minimum Gasteiger partial charge on any atom is -0.365 e. The van der Waals surface area contributed by atoms with Crippen LogP contribution in [0.2, 0.25) is 0 Å². The Morgan fingerprint density at radius 3 is 2.75 bits per heavy atom. The monoisotopic (exact) mass is 336 g/mol. The topological polar surface area (TPSA) is 15.3 Å². The molecule has 1 aromatic carbocycles. The van der Waals surface area contributed by atoms with Gasteiger partial charge in [-0.3, -0.25) is 0 Å². The molecule has 110 valence electrons. The van der Waals surface area contributed by atoms with Gasteiger partial charge in [0.2, 0.25) is 0 Å². The van der Waals surface area contributed by atoms with E-state index in [4.69, 9.17) is 0 Å². The van der Waals surface area contributed by atoms with Crippen LogP contribution < -0.4 is 10.2 Å². The summed E-state index contributed by atoms with van der Waals surface area (Å²) in [6.07, 6.45) is 6.85. The third-order valence-electron chi connectivity index (χ3n) is 5.14. The largest absolute Gasteiger partial charge is 0.365 e. The van der Waals surface area contributed by atoms with Gasteiger partial charge in [0.05, 0.1) is 0 Å². The zero-order valence-corrected chi connectivity index (χ0v) is 14.2. The highest BCUT2D eigenvalue weighted by molar-refractivity contribution is 9.10. The Labute approximate surface area is 131 Å². The molecule has 2 fully saturated rings. The van der Waals surface area contributed by atoms with Crippen molar-refractivity contribution in [3.05, 3.63) is 28.2 Å². The van der Waals surface area contributed by atoms with Crippen LogP contribution in [0.3, 0.4) is 0 Å². The Morgan fingerprint density at radius 1 is 1.25 bits per heavy atom. The number of piperazine rings is 1. The van der Waals surface area contributed by atoms with E-state index in [1.165, 1.54) is 47.8 Å². The van der Waals surface area contributed by atoms with Gasteiger partial charge < -0.3 is 10.2 Å². The lowest BCUT2D eigenvalue weighted by Gasteiger charge is -2.50. The van der Waals surface area contributed by atoms with Crippen molar-refractivity contribution in [2.45, 2.75) is 57.5 Å². The maximum absolute atomic E-state index is 3.86. The number of hydrogen-bond acceptors (Lipinski definition) is 2. The van der Waals surface area contributed by atoms with Crippen LogP contribution in [0.5, 0.6) is 0 Å². The molecule has 1 aliphatic heterocycles. The van der Waals surface area contributed by atoms with Crippen molar-refractivity contribution in [3.8, 4) is 0 Å². The molecule has 1 spiro atoms. The normalized spacial score (nSPS) is 25.9. The molecule has 20 heavy (non-hydrogen) atoms. The summed E-state index contributed by atoms with van der Waals surface area (Å²) in [6.45, 7) is 6.82. The van der Waals surface area contributed by atoms with Gasteiger partial charge in [-0.05, 0) is 44.4 Å². The summed E-state index contributed by atoms with van der Waals surface area (Å²) in [5.41, 5.74) is 3.13. The number of halogens is 1. The second kappa shape index (κ2) is 5.69. The van der Waals surface area contributed by atoms with Gasteiger partial charge in [-0.25, -0.2) is 0 Å². The smallest absolute Gasteiger partial charge is 0.0410 e. The van der Waals surface area contributed by atoms with Gasteiger partial charge in [0, 0.05) is 34.8 Å². The van der Waals surface area contributed by atoms with E-state index in [1.807, 2.05) is 0 Å². The fraction of sp³-hybridized carbons (Fsp3) is 0.647. The van der Waals surface area contributed by atoms with Crippen molar-refractivity contribution in [1.29, 1.82) is 0 Å². The minimum absolute atomic E-state index is 0.361. The first-order valence-electron chi connectivity index (χ1n) is 7.88. The van der Waals surface area contributed by atoms with Gasteiger partial charge in [0.25, 0.3) is 0 Å². The van der Waals surface area contributed by atoms with Crippen molar-refractivity contribution in [3.63, 3.8) is 0 Å². The van der Waals surface area contributed by atoms with Gasteiger partial charge in [-0.1, -0.05) is 41.3 Å². The first-order valence-corrected chi connectivity index (χ1v) is 8.67. The zero-order valence-electron chi connectivity index (χ0n) is 12.6. The Kier molecular flexibility index (Phi) is 4.09. The molecule has 3 heteroatoms. The van der Waals surface area contributed by atoms with Gasteiger partial charge in [-0.15, -0.1) is 0 Å². The van der Waals surface area contributed by atoms with Crippen LogP contribution in [0, 0.1) is 6.92 Å². The lowest BCUT2D eigenvalue weighted by Crippen LogP contribution is -2.64. The lowest BCUT2D eigenvalue weighted by atomic mass is 9.79. The van der Waals surface area contributed by atoms with Gasteiger partial charge in [0.15, 0.2) is 0 Å². The van der Waals surface area contributed by atoms with E-state index in [9.17, 15) is 0 Å². The average Bonchev–Trinajstić information content (AvgIpc) is 2.46. The molecule has 0 bridgehead atoms. The molecule has 1 saturated carbocycles. The maximum Gasteiger partial charge on any atom is 0.0410 e. The summed E-state index contributed by atoms with van der Waals surface area (Å²) in [5.74, 6) is 0. The summed E-state index contributed by atoms with van der Waals surface area (Å²) in [6, 6.07) is 7.14. The quantitative estimate of drug-likeness (QED) is 0.824. The Bertz CT molecular complexity index is 480. The summed E-state index contributed by atoms with van der Waals surface area (Å²) >= 11 is 3.68. The number of nitrogens with zero attached hydrogens (tertiary/aromatic N) is 1. The number of benzene rings is 1. The summed E-state index contributed by atoms with van der Waals surface area (Å²) < 4.78 is 1.22. The Morgan fingerprint density at radius 2 is 2.00 bits per heavy atom. The van der Waals surface area contributed by atoms with E-state index in [1.54, 1.807) is 0 Å². The summed E-state index contributed by atoms with van der Waals surface area (Å²) in [5, 5.41) is 3.86. The molecule has 1 unspecified atom stereocenters. The van der Waals surface area contributed by atoms with Crippen molar-refractivity contribution < 1.29 is 0 Å². The second-order valence-electron chi connectivity index (χ2n) is 6.58. The fourth-order valence-corrected chi connectivity index (χ4v) is 4.16. The Balaban J connectivity index is 1.88. The molecular weight excluding hydrogens is 312 g/mol. The lowest BCUT2D eigenvalue weighted by molar-refractivity contribution is 0.200. The van der Waals surface area contributed by atoms with Gasteiger partial charge in [-0.2, -0.15) is 0 Å². The SMILES string of the molecule is Cc1c(Br)cccc1N1CC2(CCCCC2)NCC1C. The van der Waals surface area contributed by atoms with Crippen molar-refractivity contribution in [2.24, 2.45) is 0 Å². The minimum atomic E-state index is 0.361. The number of anilines is 1. The number of rotatable bonds is 1. The molecule has 2 aliphatic rings. The van der Waals surface area contributed by atoms with E-state index < -0.39 is 0 Å². The van der Waals surface area contributed by atoms with E-state index in [-0.39, 0.29) is 0 Å². The van der Waals surface area contributed by atoms with E-state index in [2.05, 4.69) is 58.2 Å². The first kappa shape index (κ1) is 14.4. The van der Waals surface area contributed by atoms with Gasteiger partial charge >= 0.3 is 0 Å². The van der Waals surface area contributed by atoms with E-state index in [0.717, 1.165) is 13.1 Å². The van der Waals surface area contributed by atoms with E-state index in [0.29, 0.717) is 11.6 Å². The number of nitrogens with one attached hydrogen (secondary N) is 1. The molecule has 0 amide bonds. The van der Waals surface area contributed by atoms with Crippen LogP contribution in [0.25, 0.3) is 0 Å². The van der Waals surface area contributed by atoms with Crippen molar-refractivity contribution in [1.82, 2.24) is 5.32 Å². The van der Waals surface area contributed by atoms with Crippen LogP contribution in [0.1, 0.15) is 44.6 Å². The summed E-state index contributed by atoms with van der Waals surface area (Å²) in [7, 11) is 0. The van der Waals surface area contributed by atoms with E-state index >= 15 is 0 Å². The van der Waals surface area contributed by atoms with Crippen molar-refractivity contribution >= 4 is 21.6 Å². The fourth-order valence-electron chi connectivity index (χ4n) is 3.81. The highest BCUT2D eigenvalue weighted by Gasteiger charge is 2.39. The first-order chi connectivity index (χ1) is 9.61. The highest BCUT2D eigenvalue weighted by Crippen LogP contribution is 2.36. The second-order valence-corrected chi connectivity index (χ2v) is 7.44. The zero-order chi connectivity index (χ0) is 14.2. The van der Waals surface area contributed by atoms with Crippen molar-refractivity contribution in [2.75, 3.05) is 18.0 Å². The van der Waals surface area contributed by atoms with Crippen LogP contribution >= 0.6 is 15.9 Å². The standard InChI is InChI=1S/C17H25BrN2/c1-13-11-19-17(9-4-3-5-10-17)12-20(13)16-8-6-7-15(18)14(16)2/h6-8,13,19H,3-5,9-12H2,1-2H3. The van der Waals surface area contributed by atoms with Crippen LogP contribution in [0.15, 0.2) is 22.7 Å². The third-order valence-corrected chi connectivity index (χ3v) is 6.00. The maximum atomic E-state index is 3.86. The predicted octanol–water partition coefficient (Wildman–Crippen LogP) is 4.26. The molecule has 1 N–H and O–H groups in total. The number of hydrogen-bond donors (Lipinski definition) is 1. The Hall–Kier alpha value is -0.540. The summed E-state index contributed by atoms with van der Waals surface area (Å²) in [4.78, 5) is 2.63.